The molecule has 0 saturated carbocycles. The minimum atomic E-state index is -4.70. The molecule has 1 aromatic heterocycles. The van der Waals surface area contributed by atoms with Crippen LogP contribution >= 0.6 is 0 Å². The monoisotopic (exact) mass is 298 g/mol. The second kappa shape index (κ2) is 5.79. The van der Waals surface area contributed by atoms with E-state index in [2.05, 4.69) is 15.0 Å². The lowest BCUT2D eigenvalue weighted by Crippen LogP contribution is -2.17. The fraction of sp³-hybridized carbons (Fsp3) is 0.400. The Morgan fingerprint density at radius 3 is 2.52 bits per heavy atom. The quantitative estimate of drug-likeness (QED) is 0.889. The van der Waals surface area contributed by atoms with Gasteiger partial charge in [0.15, 0.2) is 0 Å². The summed E-state index contributed by atoms with van der Waals surface area (Å²) in [5.41, 5.74) is 2.30. The predicted molar refractivity (Wildman–Crippen MR) is 76.7 cm³/mol. The summed E-state index contributed by atoms with van der Waals surface area (Å²) >= 11 is 0. The number of nitrogens with zero attached hydrogens (tertiary/aromatic N) is 1. The topological polar surface area (TPSA) is 34.2 Å². The zero-order valence-corrected chi connectivity index (χ0v) is 12.1. The van der Waals surface area contributed by atoms with Gasteiger partial charge in [-0.15, -0.1) is 13.2 Å². The van der Waals surface area contributed by atoms with Crippen molar-refractivity contribution in [1.82, 2.24) is 4.98 Å². The van der Waals surface area contributed by atoms with Crippen molar-refractivity contribution in [2.45, 2.75) is 33.1 Å². The van der Waals surface area contributed by atoms with Crippen molar-refractivity contribution in [3.05, 3.63) is 30.0 Å². The van der Waals surface area contributed by atoms with Crippen molar-refractivity contribution in [2.75, 3.05) is 11.9 Å². The standard InChI is InChI=1S/C15H17F3N2O/c1-4-19-14-8-13(9(2)3)20-12-6-5-10(7-11(12)14)21-15(16,17)18/h5-9H,4H2,1-3H3,(H,19,20). The molecule has 2 rings (SSSR count). The molecule has 0 aliphatic rings. The van der Waals surface area contributed by atoms with Crippen LogP contribution in [-0.4, -0.2) is 17.9 Å². The van der Waals surface area contributed by atoms with Crippen LogP contribution in [0.1, 0.15) is 32.4 Å². The molecule has 21 heavy (non-hydrogen) atoms. The van der Waals surface area contributed by atoms with Gasteiger partial charge in [-0.2, -0.15) is 0 Å². The minimum Gasteiger partial charge on any atom is -0.406 e. The highest BCUT2D eigenvalue weighted by Gasteiger charge is 2.31. The number of benzene rings is 1. The van der Waals surface area contributed by atoms with Gasteiger partial charge in [0.1, 0.15) is 5.75 Å². The number of nitrogens with one attached hydrogen (secondary N) is 1. The molecule has 0 saturated heterocycles. The molecule has 0 bridgehead atoms. The lowest BCUT2D eigenvalue weighted by molar-refractivity contribution is -0.274. The van der Waals surface area contributed by atoms with Crippen LogP contribution in [0.25, 0.3) is 10.9 Å². The van der Waals surface area contributed by atoms with Crippen LogP contribution in [0, 0.1) is 0 Å². The van der Waals surface area contributed by atoms with Gasteiger partial charge in [0, 0.05) is 23.3 Å². The highest BCUT2D eigenvalue weighted by Crippen LogP contribution is 2.31. The highest BCUT2D eigenvalue weighted by atomic mass is 19.4. The summed E-state index contributed by atoms with van der Waals surface area (Å²) in [7, 11) is 0. The molecule has 3 nitrogen and oxygen atoms in total. The average Bonchev–Trinajstić information content (AvgIpc) is 2.37. The number of hydrogen-bond donors (Lipinski definition) is 1. The van der Waals surface area contributed by atoms with Gasteiger partial charge < -0.3 is 10.1 Å². The molecule has 0 unspecified atom stereocenters. The van der Waals surface area contributed by atoms with Crippen LogP contribution in [0.15, 0.2) is 24.3 Å². The molecular formula is C15H17F3N2O. The Bertz CT molecular complexity index is 639. The van der Waals surface area contributed by atoms with E-state index in [4.69, 9.17) is 0 Å². The van der Waals surface area contributed by atoms with E-state index in [1.165, 1.54) is 12.1 Å². The van der Waals surface area contributed by atoms with E-state index >= 15 is 0 Å². The molecule has 1 aromatic carbocycles. The van der Waals surface area contributed by atoms with Crippen molar-refractivity contribution < 1.29 is 17.9 Å². The van der Waals surface area contributed by atoms with Crippen LogP contribution in [0.2, 0.25) is 0 Å². The summed E-state index contributed by atoms with van der Waals surface area (Å²) in [6.07, 6.45) is -4.70. The summed E-state index contributed by atoms with van der Waals surface area (Å²) in [4.78, 5) is 4.48. The summed E-state index contributed by atoms with van der Waals surface area (Å²) < 4.78 is 40.9. The number of rotatable bonds is 4. The normalized spacial score (nSPS) is 12.0. The number of anilines is 1. The van der Waals surface area contributed by atoms with Crippen molar-refractivity contribution >= 4 is 16.6 Å². The van der Waals surface area contributed by atoms with Crippen molar-refractivity contribution in [1.29, 1.82) is 0 Å². The zero-order chi connectivity index (χ0) is 15.6. The smallest absolute Gasteiger partial charge is 0.406 e. The number of fused-ring (bicyclic) bond motifs is 1. The van der Waals surface area contributed by atoms with Crippen molar-refractivity contribution in [3.63, 3.8) is 0 Å². The van der Waals surface area contributed by atoms with E-state index in [9.17, 15) is 13.2 Å². The van der Waals surface area contributed by atoms with Gasteiger partial charge in [-0.05, 0) is 37.1 Å². The Morgan fingerprint density at radius 1 is 1.24 bits per heavy atom. The number of aromatic nitrogens is 1. The minimum absolute atomic E-state index is 0.234. The first-order chi connectivity index (χ1) is 9.80. The Balaban J connectivity index is 2.54. The van der Waals surface area contributed by atoms with Crippen molar-refractivity contribution in [3.8, 4) is 5.75 Å². The molecule has 0 fully saturated rings. The summed E-state index contributed by atoms with van der Waals surface area (Å²) in [6.45, 7) is 6.63. The number of alkyl halides is 3. The molecule has 0 aliphatic carbocycles. The maximum Gasteiger partial charge on any atom is 0.573 e. The summed E-state index contributed by atoms with van der Waals surface area (Å²) in [6, 6.07) is 6.05. The van der Waals surface area contributed by atoms with E-state index in [0.717, 1.165) is 11.4 Å². The lowest BCUT2D eigenvalue weighted by atomic mass is 10.1. The van der Waals surface area contributed by atoms with Crippen LogP contribution in [0.4, 0.5) is 18.9 Å². The highest BCUT2D eigenvalue weighted by molar-refractivity contribution is 5.92. The third-order valence-corrected chi connectivity index (χ3v) is 2.99. The zero-order valence-electron chi connectivity index (χ0n) is 12.1. The van der Waals surface area contributed by atoms with E-state index in [1.54, 1.807) is 6.07 Å². The summed E-state index contributed by atoms with van der Waals surface area (Å²) in [5.74, 6) is -0.00819. The van der Waals surface area contributed by atoms with E-state index in [1.807, 2.05) is 26.8 Å². The van der Waals surface area contributed by atoms with Gasteiger partial charge in [-0.1, -0.05) is 13.8 Å². The molecule has 1 N–H and O–H groups in total. The van der Waals surface area contributed by atoms with Gasteiger partial charge in [-0.3, -0.25) is 4.98 Å². The van der Waals surface area contributed by atoms with Gasteiger partial charge in [-0.25, -0.2) is 0 Å². The first kappa shape index (κ1) is 15.4. The van der Waals surface area contributed by atoms with Gasteiger partial charge in [0.25, 0.3) is 0 Å². The third kappa shape index (κ3) is 3.77. The number of ether oxygens (including phenoxy) is 1. The largest absolute Gasteiger partial charge is 0.573 e. The maximum absolute atomic E-state index is 12.3. The van der Waals surface area contributed by atoms with Crippen LogP contribution < -0.4 is 10.1 Å². The van der Waals surface area contributed by atoms with Crippen molar-refractivity contribution in [2.24, 2.45) is 0 Å². The molecule has 114 valence electrons. The van der Waals surface area contributed by atoms with Crippen LogP contribution in [0.3, 0.4) is 0 Å². The summed E-state index contributed by atoms with van der Waals surface area (Å²) in [5, 5.41) is 3.77. The first-order valence-electron chi connectivity index (χ1n) is 6.74. The molecule has 0 radical (unpaired) electrons. The fourth-order valence-corrected chi connectivity index (χ4v) is 2.05. The molecule has 0 aliphatic heterocycles. The Morgan fingerprint density at radius 2 is 1.95 bits per heavy atom. The second-order valence-corrected chi connectivity index (χ2v) is 5.01. The van der Waals surface area contributed by atoms with Crippen LogP contribution in [-0.2, 0) is 0 Å². The SMILES string of the molecule is CCNc1cc(C(C)C)nc2ccc(OC(F)(F)F)cc12. The molecule has 0 amide bonds. The second-order valence-electron chi connectivity index (χ2n) is 5.01. The lowest BCUT2D eigenvalue weighted by Gasteiger charge is -2.14. The van der Waals surface area contributed by atoms with E-state index < -0.39 is 6.36 Å². The molecular weight excluding hydrogens is 281 g/mol. The average molecular weight is 298 g/mol. The van der Waals surface area contributed by atoms with Gasteiger partial charge >= 0.3 is 6.36 Å². The van der Waals surface area contributed by atoms with Gasteiger partial charge in [0.05, 0.1) is 5.52 Å². The van der Waals surface area contributed by atoms with Crippen LogP contribution in [0.5, 0.6) is 5.75 Å². The Kier molecular flexibility index (Phi) is 4.25. The number of halogens is 3. The third-order valence-electron chi connectivity index (χ3n) is 2.99. The number of hydrogen-bond acceptors (Lipinski definition) is 3. The molecule has 0 spiro atoms. The molecule has 6 heteroatoms. The Hall–Kier alpha value is -1.98. The Labute approximate surface area is 121 Å². The molecule has 1 heterocycles. The number of pyridine rings is 1. The van der Waals surface area contributed by atoms with E-state index in [-0.39, 0.29) is 11.7 Å². The molecule has 0 atom stereocenters. The van der Waals surface area contributed by atoms with E-state index in [0.29, 0.717) is 17.4 Å². The predicted octanol–water partition coefficient (Wildman–Crippen LogP) is 4.69. The first-order valence-corrected chi connectivity index (χ1v) is 6.74. The fourth-order valence-electron chi connectivity index (χ4n) is 2.05. The van der Waals surface area contributed by atoms with Gasteiger partial charge in [0.2, 0.25) is 0 Å². The maximum atomic E-state index is 12.3. The molecule has 2 aromatic rings.